The topological polar surface area (TPSA) is 56.4 Å². The highest BCUT2D eigenvalue weighted by atomic mass is 32.1. The molecule has 3 aromatic rings. The Balaban J connectivity index is 1.47. The fourth-order valence-corrected chi connectivity index (χ4v) is 3.57. The number of amides is 1. The van der Waals surface area contributed by atoms with Crippen LogP contribution in [0.4, 0.5) is 21.5 Å². The number of thiocarbonyl (C=S) groups is 1. The van der Waals surface area contributed by atoms with Gasteiger partial charge < -0.3 is 20.9 Å². The lowest BCUT2D eigenvalue weighted by Crippen LogP contribution is -2.30. The van der Waals surface area contributed by atoms with Gasteiger partial charge in [0.1, 0.15) is 5.82 Å². The molecule has 0 aromatic heterocycles. The fourth-order valence-electron chi connectivity index (χ4n) is 3.35. The second-order valence-corrected chi connectivity index (χ2v) is 8.07. The van der Waals surface area contributed by atoms with Gasteiger partial charge in [0.2, 0.25) is 0 Å². The quantitative estimate of drug-likeness (QED) is 0.443. The van der Waals surface area contributed by atoms with E-state index >= 15 is 0 Å². The minimum atomic E-state index is -0.552. The number of rotatable bonds is 7. The average Bonchev–Trinajstić information content (AvgIpc) is 2.75. The van der Waals surface area contributed by atoms with Crippen molar-refractivity contribution in [2.45, 2.75) is 13.3 Å². The van der Waals surface area contributed by atoms with Crippen LogP contribution in [0.2, 0.25) is 0 Å². The number of halogens is 1. The maximum absolute atomic E-state index is 13.7. The first kappa shape index (κ1) is 23.2. The van der Waals surface area contributed by atoms with Crippen molar-refractivity contribution in [2.24, 2.45) is 0 Å². The second-order valence-electron chi connectivity index (χ2n) is 7.66. The summed E-state index contributed by atoms with van der Waals surface area (Å²) in [5.41, 5.74) is 5.07. The molecule has 0 saturated carbocycles. The lowest BCUT2D eigenvalue weighted by atomic mass is 10.1. The van der Waals surface area contributed by atoms with E-state index in [4.69, 9.17) is 12.2 Å². The van der Waals surface area contributed by atoms with Crippen LogP contribution in [0.1, 0.15) is 21.5 Å². The Kier molecular flexibility index (Phi) is 7.78. The van der Waals surface area contributed by atoms with Gasteiger partial charge in [-0.3, -0.25) is 4.79 Å². The number of anilines is 3. The molecule has 0 aliphatic heterocycles. The van der Waals surface area contributed by atoms with E-state index in [1.807, 2.05) is 14.1 Å². The molecule has 3 N–H and O–H groups in total. The molecule has 0 spiro atoms. The molecule has 0 aliphatic rings. The number of hydrogen-bond acceptors (Lipinski definition) is 3. The van der Waals surface area contributed by atoms with Crippen molar-refractivity contribution in [3.63, 3.8) is 0 Å². The highest BCUT2D eigenvalue weighted by molar-refractivity contribution is 7.80. The highest BCUT2D eigenvalue weighted by Crippen LogP contribution is 2.19. The molecular weight excluding hydrogens is 423 g/mol. The molecule has 0 heterocycles. The van der Waals surface area contributed by atoms with Crippen molar-refractivity contribution in [2.75, 3.05) is 36.2 Å². The van der Waals surface area contributed by atoms with Crippen molar-refractivity contribution >= 4 is 40.3 Å². The largest absolute Gasteiger partial charge is 0.377 e. The van der Waals surface area contributed by atoms with Crippen molar-refractivity contribution in [1.29, 1.82) is 0 Å². The van der Waals surface area contributed by atoms with E-state index in [2.05, 4.69) is 46.0 Å². The predicted molar refractivity (Wildman–Crippen MR) is 134 cm³/mol. The summed E-state index contributed by atoms with van der Waals surface area (Å²) in [4.78, 5) is 14.3. The molecule has 3 aromatic carbocycles. The zero-order valence-corrected chi connectivity index (χ0v) is 19.2. The molecule has 5 nitrogen and oxygen atoms in total. The van der Waals surface area contributed by atoms with Crippen LogP contribution in [0.3, 0.4) is 0 Å². The lowest BCUT2D eigenvalue weighted by Gasteiger charge is -2.16. The lowest BCUT2D eigenvalue weighted by molar-refractivity contribution is 0.102. The van der Waals surface area contributed by atoms with Crippen LogP contribution in [0.5, 0.6) is 0 Å². The van der Waals surface area contributed by atoms with Crippen molar-refractivity contribution in [3.05, 3.63) is 89.2 Å². The van der Waals surface area contributed by atoms with Gasteiger partial charge in [-0.15, -0.1) is 0 Å². The zero-order valence-electron chi connectivity index (χ0n) is 18.4. The van der Waals surface area contributed by atoms with Crippen LogP contribution in [-0.4, -0.2) is 31.7 Å². The molecule has 1 amide bonds. The van der Waals surface area contributed by atoms with Crippen LogP contribution in [0.15, 0.2) is 66.7 Å². The van der Waals surface area contributed by atoms with Gasteiger partial charge in [0.15, 0.2) is 5.11 Å². The van der Waals surface area contributed by atoms with E-state index in [-0.39, 0.29) is 5.56 Å². The van der Waals surface area contributed by atoms with Crippen molar-refractivity contribution in [3.8, 4) is 0 Å². The first-order valence-corrected chi connectivity index (χ1v) is 10.7. The molecule has 32 heavy (non-hydrogen) atoms. The molecule has 166 valence electrons. The van der Waals surface area contributed by atoms with E-state index in [0.717, 1.165) is 12.1 Å². The SMILES string of the molecule is Cc1cc(CCNC(=S)Nc2ccc(NC(=O)c3ccccc3F)cc2)ccc1N(C)C. The number of carbonyl (C=O) groups excluding carboxylic acids is 1. The van der Waals surface area contributed by atoms with Crippen LogP contribution in [-0.2, 0) is 6.42 Å². The zero-order chi connectivity index (χ0) is 23.1. The van der Waals surface area contributed by atoms with Crippen LogP contribution in [0.25, 0.3) is 0 Å². The molecule has 0 bridgehead atoms. The summed E-state index contributed by atoms with van der Waals surface area (Å²) in [6, 6.07) is 19.4. The van der Waals surface area contributed by atoms with E-state index in [0.29, 0.717) is 17.3 Å². The number of nitrogens with zero attached hydrogens (tertiary/aromatic N) is 1. The smallest absolute Gasteiger partial charge is 0.258 e. The molecule has 3 rings (SSSR count). The van der Waals surface area contributed by atoms with E-state index in [9.17, 15) is 9.18 Å². The molecular formula is C25H27FN4OS. The third-order valence-corrected chi connectivity index (χ3v) is 5.21. The van der Waals surface area contributed by atoms with Crippen LogP contribution >= 0.6 is 12.2 Å². The van der Waals surface area contributed by atoms with Gasteiger partial charge in [-0.05, 0) is 79.2 Å². The van der Waals surface area contributed by atoms with Gasteiger partial charge in [0.25, 0.3) is 5.91 Å². The third kappa shape index (κ3) is 6.28. The van der Waals surface area contributed by atoms with Crippen LogP contribution in [0, 0.1) is 12.7 Å². The number of aryl methyl sites for hydroxylation is 1. The number of nitrogens with one attached hydrogen (secondary N) is 3. The van der Waals surface area contributed by atoms with Crippen molar-refractivity contribution < 1.29 is 9.18 Å². The molecule has 0 aliphatic carbocycles. The minimum Gasteiger partial charge on any atom is -0.377 e. The van der Waals surface area contributed by atoms with E-state index in [1.54, 1.807) is 36.4 Å². The monoisotopic (exact) mass is 450 g/mol. The van der Waals surface area contributed by atoms with E-state index in [1.165, 1.54) is 28.9 Å². The van der Waals surface area contributed by atoms with Gasteiger partial charge in [-0.25, -0.2) is 4.39 Å². The normalized spacial score (nSPS) is 10.4. The molecule has 0 saturated heterocycles. The van der Waals surface area contributed by atoms with Gasteiger partial charge in [-0.2, -0.15) is 0 Å². The Labute approximate surface area is 193 Å². The Bertz CT molecular complexity index is 1100. The first-order chi connectivity index (χ1) is 15.3. The molecule has 0 unspecified atom stereocenters. The summed E-state index contributed by atoms with van der Waals surface area (Å²) in [5, 5.41) is 9.55. The second kappa shape index (κ2) is 10.7. The van der Waals surface area contributed by atoms with Gasteiger partial charge in [0.05, 0.1) is 5.56 Å². The molecule has 0 fully saturated rings. The first-order valence-electron chi connectivity index (χ1n) is 10.3. The fraction of sp³-hybridized carbons (Fsp3) is 0.200. The summed E-state index contributed by atoms with van der Waals surface area (Å²) >= 11 is 5.37. The summed E-state index contributed by atoms with van der Waals surface area (Å²) in [7, 11) is 4.08. The molecule has 0 atom stereocenters. The van der Waals surface area contributed by atoms with Gasteiger partial charge in [-0.1, -0.05) is 24.3 Å². The Hall–Kier alpha value is -3.45. The summed E-state index contributed by atoms with van der Waals surface area (Å²) < 4.78 is 13.7. The number of carbonyl (C=O) groups is 1. The van der Waals surface area contributed by atoms with E-state index < -0.39 is 11.7 Å². The summed E-state index contributed by atoms with van der Waals surface area (Å²) in [6.45, 7) is 2.82. The Morgan fingerprint density at radius 3 is 2.25 bits per heavy atom. The molecule has 0 radical (unpaired) electrons. The summed E-state index contributed by atoms with van der Waals surface area (Å²) in [6.07, 6.45) is 0.859. The van der Waals surface area contributed by atoms with Crippen LogP contribution < -0.4 is 20.9 Å². The van der Waals surface area contributed by atoms with Gasteiger partial charge in [0, 0.05) is 37.7 Å². The highest BCUT2D eigenvalue weighted by Gasteiger charge is 2.11. The Morgan fingerprint density at radius 2 is 1.62 bits per heavy atom. The maximum Gasteiger partial charge on any atom is 0.258 e. The standard InChI is InChI=1S/C25H27FN4OS/c1-17-16-18(8-13-23(17)30(2)3)14-15-27-25(32)29-20-11-9-19(10-12-20)28-24(31)21-6-4-5-7-22(21)26/h4-13,16H,14-15H2,1-3H3,(H,28,31)(H2,27,29,32). The number of benzene rings is 3. The van der Waals surface area contributed by atoms with Crippen molar-refractivity contribution in [1.82, 2.24) is 5.32 Å². The minimum absolute atomic E-state index is 0.00614. The number of hydrogen-bond donors (Lipinski definition) is 3. The predicted octanol–water partition coefficient (Wildman–Crippen LogP) is 4.98. The maximum atomic E-state index is 13.7. The summed E-state index contributed by atoms with van der Waals surface area (Å²) in [5.74, 6) is -1.04. The average molecular weight is 451 g/mol. The molecule has 7 heteroatoms. The third-order valence-electron chi connectivity index (χ3n) is 4.96. The van der Waals surface area contributed by atoms with Gasteiger partial charge >= 0.3 is 0 Å². The Morgan fingerprint density at radius 1 is 0.969 bits per heavy atom.